The maximum atomic E-state index is 10.9. The Bertz CT molecular complexity index is 433. The summed E-state index contributed by atoms with van der Waals surface area (Å²) in [6.07, 6.45) is 0.235. The second-order valence-corrected chi connectivity index (χ2v) is 5.03. The molecule has 2 N–H and O–H groups in total. The fraction of sp³-hybridized carbons (Fsp3) is 0.533. The first-order valence-electron chi connectivity index (χ1n) is 7.13. The quantitative estimate of drug-likeness (QED) is 0.861. The summed E-state index contributed by atoms with van der Waals surface area (Å²) < 4.78 is 5.75. The number of rotatable bonds is 5. The Kier molecular flexibility index (Phi) is 5.38. The van der Waals surface area contributed by atoms with Gasteiger partial charge in [-0.3, -0.25) is 9.69 Å². The molecule has 1 aromatic carbocycles. The Balaban J connectivity index is 1.80. The van der Waals surface area contributed by atoms with Crippen molar-refractivity contribution in [3.05, 3.63) is 24.3 Å². The van der Waals surface area contributed by atoms with Gasteiger partial charge in [-0.15, -0.1) is 0 Å². The van der Waals surface area contributed by atoms with Crippen molar-refractivity contribution in [1.82, 2.24) is 4.90 Å². The van der Waals surface area contributed by atoms with E-state index in [1.807, 2.05) is 24.3 Å². The van der Waals surface area contributed by atoms with Gasteiger partial charge in [0.25, 0.3) is 0 Å². The van der Waals surface area contributed by atoms with Crippen molar-refractivity contribution in [3.8, 4) is 0 Å². The van der Waals surface area contributed by atoms with Crippen LogP contribution in [0.3, 0.4) is 0 Å². The topological polar surface area (TPSA) is 53.6 Å². The van der Waals surface area contributed by atoms with E-state index in [0.717, 1.165) is 44.2 Å². The van der Waals surface area contributed by atoms with Crippen molar-refractivity contribution in [1.29, 1.82) is 0 Å². The Hall–Kier alpha value is -1.59. The third-order valence-corrected chi connectivity index (χ3v) is 3.41. The van der Waals surface area contributed by atoms with Crippen molar-refractivity contribution in [3.63, 3.8) is 0 Å². The Labute approximate surface area is 120 Å². The van der Waals surface area contributed by atoms with Crippen molar-refractivity contribution < 1.29 is 9.53 Å². The van der Waals surface area contributed by atoms with Crippen LogP contribution in [0.15, 0.2) is 24.3 Å². The lowest BCUT2D eigenvalue weighted by Crippen LogP contribution is -2.45. The van der Waals surface area contributed by atoms with E-state index >= 15 is 0 Å². The number of hydrogen-bond acceptors (Lipinski definition) is 4. The number of amides is 1. The first-order chi connectivity index (χ1) is 9.67. The molecule has 0 aliphatic carbocycles. The summed E-state index contributed by atoms with van der Waals surface area (Å²) in [4.78, 5) is 13.3. The molecule has 0 bridgehead atoms. The molecule has 0 radical (unpaired) electrons. The Morgan fingerprint density at radius 1 is 1.35 bits per heavy atom. The van der Waals surface area contributed by atoms with Gasteiger partial charge in [-0.05, 0) is 30.8 Å². The molecule has 0 aromatic heterocycles. The predicted octanol–water partition coefficient (Wildman–Crippen LogP) is 1.78. The molecule has 1 unspecified atom stereocenters. The van der Waals surface area contributed by atoms with Crippen LogP contribution in [0.5, 0.6) is 0 Å². The molecule has 1 aliphatic heterocycles. The minimum Gasteiger partial charge on any atom is -0.382 e. The number of benzene rings is 1. The Morgan fingerprint density at radius 2 is 2.05 bits per heavy atom. The average Bonchev–Trinajstić information content (AvgIpc) is 2.46. The van der Waals surface area contributed by atoms with Crippen LogP contribution >= 0.6 is 0 Å². The number of anilines is 2. The van der Waals surface area contributed by atoms with Crippen LogP contribution in [0.4, 0.5) is 11.4 Å². The number of carbonyl (C=O) groups is 1. The lowest BCUT2D eigenvalue weighted by atomic mass is 10.2. The molecule has 1 heterocycles. The molecule has 1 aliphatic rings. The van der Waals surface area contributed by atoms with Crippen molar-refractivity contribution in [2.24, 2.45) is 0 Å². The minimum atomic E-state index is -0.0547. The Morgan fingerprint density at radius 3 is 2.70 bits per heavy atom. The smallest absolute Gasteiger partial charge is 0.221 e. The summed E-state index contributed by atoms with van der Waals surface area (Å²) in [5.41, 5.74) is 1.85. The lowest BCUT2D eigenvalue weighted by molar-refractivity contribution is -0.114. The van der Waals surface area contributed by atoms with Gasteiger partial charge in [-0.2, -0.15) is 0 Å². The zero-order chi connectivity index (χ0) is 14.4. The number of carbonyl (C=O) groups excluding carboxylic acids is 1. The maximum Gasteiger partial charge on any atom is 0.221 e. The third-order valence-electron chi connectivity index (χ3n) is 3.41. The number of hydrogen-bond donors (Lipinski definition) is 2. The van der Waals surface area contributed by atoms with Crippen LogP contribution in [0, 0.1) is 0 Å². The highest BCUT2D eigenvalue weighted by Crippen LogP contribution is 2.14. The van der Waals surface area contributed by atoms with E-state index < -0.39 is 0 Å². The fourth-order valence-corrected chi connectivity index (χ4v) is 2.30. The van der Waals surface area contributed by atoms with E-state index in [-0.39, 0.29) is 12.0 Å². The summed E-state index contributed by atoms with van der Waals surface area (Å²) in [5, 5.41) is 6.13. The minimum absolute atomic E-state index is 0.0547. The van der Waals surface area contributed by atoms with Crippen LogP contribution < -0.4 is 10.6 Å². The molecule has 110 valence electrons. The lowest BCUT2D eigenvalue weighted by Gasteiger charge is -2.32. The van der Waals surface area contributed by atoms with Gasteiger partial charge in [0.05, 0.1) is 12.7 Å². The standard InChI is InChI=1S/C15H23N3O2/c1-3-18-8-9-20-15(11-18)10-16-13-4-6-14(7-5-13)17-12(2)19/h4-7,15-16H,3,8-11H2,1-2H3,(H,17,19). The summed E-state index contributed by atoms with van der Waals surface area (Å²) >= 11 is 0. The van der Waals surface area contributed by atoms with Crippen molar-refractivity contribution >= 4 is 17.3 Å². The molecule has 0 spiro atoms. The van der Waals surface area contributed by atoms with Crippen LogP contribution in [-0.4, -0.2) is 49.7 Å². The second-order valence-electron chi connectivity index (χ2n) is 5.03. The molecule has 0 saturated carbocycles. The normalized spacial score (nSPS) is 19.6. The first kappa shape index (κ1) is 14.8. The van der Waals surface area contributed by atoms with Gasteiger partial charge in [-0.1, -0.05) is 6.92 Å². The van der Waals surface area contributed by atoms with Gasteiger partial charge in [-0.25, -0.2) is 0 Å². The van der Waals surface area contributed by atoms with Crippen LogP contribution in [0.2, 0.25) is 0 Å². The highest BCUT2D eigenvalue weighted by molar-refractivity contribution is 5.88. The molecule has 1 amide bonds. The van der Waals surface area contributed by atoms with E-state index in [0.29, 0.717) is 0 Å². The summed E-state index contributed by atoms with van der Waals surface area (Å²) in [6.45, 7) is 8.37. The molecule has 20 heavy (non-hydrogen) atoms. The van der Waals surface area contributed by atoms with E-state index in [2.05, 4.69) is 22.5 Å². The van der Waals surface area contributed by atoms with Crippen LogP contribution in [0.25, 0.3) is 0 Å². The van der Waals surface area contributed by atoms with Crippen LogP contribution in [0.1, 0.15) is 13.8 Å². The zero-order valence-corrected chi connectivity index (χ0v) is 12.2. The molecule has 1 fully saturated rings. The summed E-state index contributed by atoms with van der Waals surface area (Å²) in [6, 6.07) is 7.71. The SMILES string of the molecule is CCN1CCOC(CNc2ccc(NC(C)=O)cc2)C1. The number of ether oxygens (including phenoxy) is 1. The fourth-order valence-electron chi connectivity index (χ4n) is 2.30. The molecule has 1 saturated heterocycles. The van der Waals surface area contributed by atoms with E-state index in [1.165, 1.54) is 6.92 Å². The van der Waals surface area contributed by atoms with Gasteiger partial charge in [0.15, 0.2) is 0 Å². The molecular formula is C15H23N3O2. The van der Waals surface area contributed by atoms with E-state index in [4.69, 9.17) is 4.74 Å². The molecule has 1 atom stereocenters. The summed E-state index contributed by atoms with van der Waals surface area (Å²) in [5.74, 6) is -0.0547. The molecule has 5 nitrogen and oxygen atoms in total. The van der Waals surface area contributed by atoms with Crippen molar-refractivity contribution in [2.45, 2.75) is 20.0 Å². The number of nitrogens with one attached hydrogen (secondary N) is 2. The van der Waals surface area contributed by atoms with E-state index in [1.54, 1.807) is 0 Å². The molecule has 5 heteroatoms. The number of likely N-dealkylation sites (N-methyl/N-ethyl adjacent to an activating group) is 1. The van der Waals surface area contributed by atoms with Gasteiger partial charge in [0.2, 0.25) is 5.91 Å². The molecule has 2 rings (SSSR count). The zero-order valence-electron chi connectivity index (χ0n) is 12.2. The highest BCUT2D eigenvalue weighted by Gasteiger charge is 2.18. The first-order valence-corrected chi connectivity index (χ1v) is 7.13. The second kappa shape index (κ2) is 7.26. The maximum absolute atomic E-state index is 10.9. The van der Waals surface area contributed by atoms with E-state index in [9.17, 15) is 4.79 Å². The number of nitrogens with zero attached hydrogens (tertiary/aromatic N) is 1. The molecular weight excluding hydrogens is 254 g/mol. The largest absolute Gasteiger partial charge is 0.382 e. The predicted molar refractivity (Wildman–Crippen MR) is 81.1 cm³/mol. The van der Waals surface area contributed by atoms with Gasteiger partial charge in [0, 0.05) is 37.9 Å². The van der Waals surface area contributed by atoms with Gasteiger partial charge < -0.3 is 15.4 Å². The highest BCUT2D eigenvalue weighted by atomic mass is 16.5. The average molecular weight is 277 g/mol. The van der Waals surface area contributed by atoms with Crippen molar-refractivity contribution in [2.75, 3.05) is 43.4 Å². The third kappa shape index (κ3) is 4.51. The number of morpholine rings is 1. The van der Waals surface area contributed by atoms with Crippen LogP contribution in [-0.2, 0) is 9.53 Å². The molecule has 1 aromatic rings. The summed E-state index contributed by atoms with van der Waals surface area (Å²) in [7, 11) is 0. The van der Waals surface area contributed by atoms with Gasteiger partial charge in [0.1, 0.15) is 0 Å². The monoisotopic (exact) mass is 277 g/mol. The van der Waals surface area contributed by atoms with Gasteiger partial charge >= 0.3 is 0 Å².